The maximum atomic E-state index is 13.4. The Kier molecular flexibility index (Phi) is 6.21. The van der Waals surface area contributed by atoms with Crippen LogP contribution in [-0.2, 0) is 21.3 Å². The van der Waals surface area contributed by atoms with Crippen molar-refractivity contribution in [2.75, 3.05) is 13.2 Å². The number of hydrogen-bond donors (Lipinski definition) is 1. The van der Waals surface area contributed by atoms with Gasteiger partial charge in [0.1, 0.15) is 0 Å². The van der Waals surface area contributed by atoms with Crippen molar-refractivity contribution in [1.29, 1.82) is 0 Å². The van der Waals surface area contributed by atoms with Gasteiger partial charge in [-0.15, -0.1) is 0 Å². The van der Waals surface area contributed by atoms with E-state index in [0.717, 1.165) is 34.9 Å². The quantitative estimate of drug-likeness (QED) is 0.598. The molecule has 3 aromatic rings. The first-order valence-electron chi connectivity index (χ1n) is 10.2. The zero-order valence-electron chi connectivity index (χ0n) is 17.5. The maximum absolute atomic E-state index is 13.4. The van der Waals surface area contributed by atoms with E-state index in [1.165, 1.54) is 16.4 Å². The van der Waals surface area contributed by atoms with Crippen LogP contribution >= 0.6 is 11.6 Å². The number of nitrogens with one attached hydrogen (secondary N) is 1. The van der Waals surface area contributed by atoms with Gasteiger partial charge >= 0.3 is 0 Å². The third kappa shape index (κ3) is 4.70. The number of aryl methyl sites for hydroxylation is 2. The summed E-state index contributed by atoms with van der Waals surface area (Å²) in [7, 11) is -3.85. The number of halogens is 1. The summed E-state index contributed by atoms with van der Waals surface area (Å²) in [6.07, 6.45) is 1.50. The molecule has 1 aliphatic rings. The Morgan fingerprint density at radius 3 is 2.52 bits per heavy atom. The van der Waals surface area contributed by atoms with Gasteiger partial charge in [-0.3, -0.25) is 4.79 Å². The monoisotopic (exact) mass is 460 g/mol. The number of sulfonamides is 1. The van der Waals surface area contributed by atoms with Gasteiger partial charge in [0.25, 0.3) is 5.56 Å². The Bertz CT molecular complexity index is 1260. The summed E-state index contributed by atoms with van der Waals surface area (Å²) in [5.41, 5.74) is 3.03. The first-order valence-corrected chi connectivity index (χ1v) is 12.1. The van der Waals surface area contributed by atoms with E-state index in [1.807, 2.05) is 26.0 Å². The molecule has 1 aromatic heterocycles. The summed E-state index contributed by atoms with van der Waals surface area (Å²) in [5, 5.41) is 1.33. The fourth-order valence-electron chi connectivity index (χ4n) is 3.85. The second-order valence-electron chi connectivity index (χ2n) is 8.03. The first kappa shape index (κ1) is 22.0. The molecule has 1 saturated heterocycles. The van der Waals surface area contributed by atoms with E-state index in [4.69, 9.17) is 16.3 Å². The molecule has 1 aliphatic heterocycles. The van der Waals surface area contributed by atoms with Crippen molar-refractivity contribution in [3.05, 3.63) is 74.5 Å². The van der Waals surface area contributed by atoms with Crippen molar-refractivity contribution < 1.29 is 13.2 Å². The predicted molar refractivity (Wildman–Crippen MR) is 122 cm³/mol. The Morgan fingerprint density at radius 2 is 1.84 bits per heavy atom. The lowest BCUT2D eigenvalue weighted by molar-refractivity contribution is 0.0925. The van der Waals surface area contributed by atoms with Gasteiger partial charge in [-0.1, -0.05) is 11.6 Å². The smallest absolute Gasteiger partial charge is 0.252 e. The second kappa shape index (κ2) is 8.74. The molecule has 1 N–H and O–H groups in total. The number of H-pyrrole nitrogens is 1. The molecule has 4 rings (SSSR count). The van der Waals surface area contributed by atoms with Gasteiger partial charge in [-0.25, -0.2) is 8.42 Å². The van der Waals surface area contributed by atoms with Crippen molar-refractivity contribution in [1.82, 2.24) is 9.29 Å². The fraction of sp³-hybridized carbons (Fsp3) is 0.348. The number of rotatable bonds is 6. The van der Waals surface area contributed by atoms with Crippen LogP contribution in [0.4, 0.5) is 0 Å². The standard InChI is InChI=1S/C23H25ClN2O4S/c1-15-10-17-12-18(23(27)25-22(17)11-16(15)2)13-26(14-20-4-3-9-30-20)31(28,29)21-7-5-19(24)6-8-21/h5-8,10-12,20H,3-4,9,13-14H2,1-2H3,(H,25,27). The molecule has 8 heteroatoms. The minimum absolute atomic E-state index is 0.0387. The largest absolute Gasteiger partial charge is 0.377 e. The van der Waals surface area contributed by atoms with Crippen molar-refractivity contribution in [3.8, 4) is 0 Å². The topological polar surface area (TPSA) is 79.5 Å². The molecule has 1 unspecified atom stereocenters. The van der Waals surface area contributed by atoms with Crippen LogP contribution in [0.25, 0.3) is 10.9 Å². The van der Waals surface area contributed by atoms with Gasteiger partial charge in [0, 0.05) is 35.8 Å². The number of benzene rings is 2. The molecule has 2 heterocycles. The lowest BCUT2D eigenvalue weighted by Gasteiger charge is -2.25. The van der Waals surface area contributed by atoms with E-state index in [-0.39, 0.29) is 29.6 Å². The van der Waals surface area contributed by atoms with Crippen LogP contribution in [0.3, 0.4) is 0 Å². The number of nitrogens with zero attached hydrogens (tertiary/aromatic N) is 1. The molecule has 2 aromatic carbocycles. The molecule has 1 atom stereocenters. The van der Waals surface area contributed by atoms with Crippen molar-refractivity contribution >= 4 is 32.5 Å². The highest BCUT2D eigenvalue weighted by atomic mass is 35.5. The fourth-order valence-corrected chi connectivity index (χ4v) is 5.42. The third-order valence-corrected chi connectivity index (χ3v) is 7.84. The second-order valence-corrected chi connectivity index (χ2v) is 10.4. The average molecular weight is 461 g/mol. The Morgan fingerprint density at radius 1 is 1.13 bits per heavy atom. The Hall–Kier alpha value is -2.19. The molecule has 1 fully saturated rings. The first-order chi connectivity index (χ1) is 14.7. The molecule has 0 bridgehead atoms. The van der Waals surface area contributed by atoms with Crippen LogP contribution in [0.5, 0.6) is 0 Å². The van der Waals surface area contributed by atoms with Crippen molar-refractivity contribution in [2.24, 2.45) is 0 Å². The van der Waals surface area contributed by atoms with Gasteiger partial charge in [0.05, 0.1) is 11.0 Å². The van der Waals surface area contributed by atoms with Crippen LogP contribution in [0.2, 0.25) is 5.02 Å². The summed E-state index contributed by atoms with van der Waals surface area (Å²) in [4.78, 5) is 15.8. The number of fused-ring (bicyclic) bond motifs is 1. The van der Waals surface area contributed by atoms with Crippen molar-refractivity contribution in [3.63, 3.8) is 0 Å². The summed E-state index contributed by atoms with van der Waals surface area (Å²) in [5.74, 6) is 0. The molecule has 164 valence electrons. The van der Waals surface area contributed by atoms with E-state index in [9.17, 15) is 13.2 Å². The number of aromatic nitrogens is 1. The maximum Gasteiger partial charge on any atom is 0.252 e. The minimum Gasteiger partial charge on any atom is -0.377 e. The molecule has 6 nitrogen and oxygen atoms in total. The van der Waals surface area contributed by atoms with Crippen LogP contribution in [0.1, 0.15) is 29.5 Å². The third-order valence-electron chi connectivity index (χ3n) is 5.76. The van der Waals surface area contributed by atoms with E-state index in [1.54, 1.807) is 18.2 Å². The van der Waals surface area contributed by atoms with Crippen LogP contribution in [0, 0.1) is 13.8 Å². The van der Waals surface area contributed by atoms with Gasteiger partial charge in [0.15, 0.2) is 0 Å². The zero-order chi connectivity index (χ0) is 22.2. The molecule has 0 amide bonds. The normalized spacial score (nSPS) is 17.0. The number of ether oxygens (including phenoxy) is 1. The Balaban J connectivity index is 1.73. The van der Waals surface area contributed by atoms with E-state index in [0.29, 0.717) is 17.2 Å². The van der Waals surface area contributed by atoms with Gasteiger partial charge in [-0.2, -0.15) is 4.31 Å². The van der Waals surface area contributed by atoms with E-state index >= 15 is 0 Å². The minimum atomic E-state index is -3.85. The SMILES string of the molecule is Cc1cc2cc(CN(CC3CCCO3)S(=O)(=O)c3ccc(Cl)cc3)c(=O)[nH]c2cc1C. The van der Waals surface area contributed by atoms with Crippen LogP contribution in [0.15, 0.2) is 52.2 Å². The molecule has 0 spiro atoms. The molecule has 31 heavy (non-hydrogen) atoms. The van der Waals surface area contributed by atoms with Crippen molar-refractivity contribution in [2.45, 2.75) is 44.2 Å². The summed E-state index contributed by atoms with van der Waals surface area (Å²) in [6.45, 7) is 4.77. The van der Waals surface area contributed by atoms with Crippen LogP contribution < -0.4 is 5.56 Å². The lowest BCUT2D eigenvalue weighted by atomic mass is 10.0. The predicted octanol–water partition coefficient (Wildman–Crippen LogP) is 4.17. The lowest BCUT2D eigenvalue weighted by Crippen LogP contribution is -2.38. The van der Waals surface area contributed by atoms with Gasteiger partial charge in [-0.05, 0) is 85.7 Å². The summed E-state index contributed by atoms with van der Waals surface area (Å²) < 4.78 is 33.9. The molecular formula is C23H25ClN2O4S. The number of aromatic amines is 1. The van der Waals surface area contributed by atoms with Gasteiger partial charge < -0.3 is 9.72 Å². The molecule has 0 aliphatic carbocycles. The highest BCUT2D eigenvalue weighted by Crippen LogP contribution is 2.24. The molecular weight excluding hydrogens is 436 g/mol. The van der Waals surface area contributed by atoms with E-state index in [2.05, 4.69) is 4.98 Å². The summed E-state index contributed by atoms with van der Waals surface area (Å²) in [6, 6.07) is 11.8. The van der Waals surface area contributed by atoms with E-state index < -0.39 is 10.0 Å². The highest BCUT2D eigenvalue weighted by Gasteiger charge is 2.30. The highest BCUT2D eigenvalue weighted by molar-refractivity contribution is 7.89. The molecule has 0 saturated carbocycles. The van der Waals surface area contributed by atoms with Crippen LogP contribution in [-0.4, -0.2) is 37.0 Å². The number of pyridine rings is 1. The molecule has 0 radical (unpaired) electrons. The number of hydrogen-bond acceptors (Lipinski definition) is 4. The Labute approximate surface area is 186 Å². The average Bonchev–Trinajstić information content (AvgIpc) is 3.23. The zero-order valence-corrected chi connectivity index (χ0v) is 19.1. The van der Waals surface area contributed by atoms with Gasteiger partial charge in [0.2, 0.25) is 10.0 Å². The summed E-state index contributed by atoms with van der Waals surface area (Å²) >= 11 is 5.93.